The van der Waals surface area contributed by atoms with Gasteiger partial charge in [0.2, 0.25) is 0 Å². The maximum atomic E-state index is 13.0. The van der Waals surface area contributed by atoms with E-state index >= 15 is 0 Å². The van der Waals surface area contributed by atoms with E-state index in [2.05, 4.69) is 5.32 Å². The molecule has 0 saturated carbocycles. The van der Waals surface area contributed by atoms with E-state index in [0.717, 1.165) is 10.9 Å². The number of fused-ring (bicyclic) bond motifs is 1. The minimum Gasteiger partial charge on any atom is -0.450 e. The molecule has 108 valence electrons. The number of halogens is 2. The number of alkyl halides is 2. The number of nitrogens with two attached hydrogens (primary N) is 1. The van der Waals surface area contributed by atoms with Crippen LogP contribution in [0.4, 0.5) is 8.78 Å². The summed E-state index contributed by atoms with van der Waals surface area (Å²) in [5.41, 5.74) is 7.04. The molecular formula is C14H16F2N2O2. The van der Waals surface area contributed by atoms with Crippen molar-refractivity contribution >= 4 is 16.9 Å². The fourth-order valence-corrected chi connectivity index (χ4v) is 1.96. The van der Waals surface area contributed by atoms with Crippen molar-refractivity contribution in [2.75, 3.05) is 13.1 Å². The molecule has 0 aliphatic carbocycles. The number of hydrogen-bond acceptors (Lipinski definition) is 3. The van der Waals surface area contributed by atoms with Gasteiger partial charge in [-0.3, -0.25) is 4.79 Å². The molecule has 0 radical (unpaired) electrons. The summed E-state index contributed by atoms with van der Waals surface area (Å²) in [6.07, 6.45) is 0. The number of furan rings is 1. The van der Waals surface area contributed by atoms with Crippen LogP contribution in [0.1, 0.15) is 21.7 Å². The third-order valence-corrected chi connectivity index (χ3v) is 3.17. The highest BCUT2D eigenvalue weighted by atomic mass is 19.3. The third kappa shape index (κ3) is 2.65. The molecule has 0 aliphatic rings. The molecule has 1 aromatic carbocycles. The lowest BCUT2D eigenvalue weighted by molar-refractivity contribution is 0.0116. The van der Waals surface area contributed by atoms with Gasteiger partial charge in [0.15, 0.2) is 5.76 Å². The Balaban J connectivity index is 2.27. The summed E-state index contributed by atoms with van der Waals surface area (Å²) in [4.78, 5) is 11.9. The minimum absolute atomic E-state index is 0.0575. The van der Waals surface area contributed by atoms with Crippen molar-refractivity contribution in [3.63, 3.8) is 0 Å². The molecule has 3 N–H and O–H groups in total. The normalized spacial score (nSPS) is 11.8. The summed E-state index contributed by atoms with van der Waals surface area (Å²) in [5.74, 6) is -3.72. The lowest BCUT2D eigenvalue weighted by Gasteiger charge is -2.13. The maximum Gasteiger partial charge on any atom is 0.287 e. The van der Waals surface area contributed by atoms with Gasteiger partial charge >= 0.3 is 0 Å². The van der Waals surface area contributed by atoms with Crippen LogP contribution in [-0.2, 0) is 0 Å². The summed E-state index contributed by atoms with van der Waals surface area (Å²) < 4.78 is 31.6. The average Bonchev–Trinajstić information content (AvgIpc) is 2.76. The highest BCUT2D eigenvalue weighted by Crippen LogP contribution is 2.27. The average molecular weight is 282 g/mol. The van der Waals surface area contributed by atoms with Gasteiger partial charge in [-0.25, -0.2) is 8.78 Å². The predicted molar refractivity (Wildman–Crippen MR) is 72.0 cm³/mol. The van der Waals surface area contributed by atoms with E-state index in [1.54, 1.807) is 6.92 Å². The van der Waals surface area contributed by atoms with E-state index in [9.17, 15) is 13.6 Å². The second-order valence-corrected chi connectivity index (χ2v) is 4.75. The lowest BCUT2D eigenvalue weighted by Crippen LogP contribution is -2.41. The molecule has 0 spiro atoms. The van der Waals surface area contributed by atoms with Crippen molar-refractivity contribution in [2.45, 2.75) is 19.8 Å². The lowest BCUT2D eigenvalue weighted by atomic mass is 10.1. The van der Waals surface area contributed by atoms with Crippen molar-refractivity contribution in [3.05, 3.63) is 35.1 Å². The number of benzene rings is 1. The second kappa shape index (κ2) is 5.20. The predicted octanol–water partition coefficient (Wildman–Crippen LogP) is 2.37. The SMILES string of the molecule is Cc1c(C(=O)NCC(F)(F)CN)oc2c(C)cccc12. The minimum atomic E-state index is -3.12. The first kappa shape index (κ1) is 14.5. The Hall–Kier alpha value is -1.95. The largest absolute Gasteiger partial charge is 0.450 e. The molecule has 6 heteroatoms. The van der Waals surface area contributed by atoms with Crippen molar-refractivity contribution < 1.29 is 18.0 Å². The van der Waals surface area contributed by atoms with Crippen LogP contribution < -0.4 is 11.1 Å². The Labute approximate surface area is 114 Å². The number of carbonyl (C=O) groups is 1. The zero-order chi connectivity index (χ0) is 14.9. The molecule has 2 rings (SSSR count). The van der Waals surface area contributed by atoms with Crippen LogP contribution in [0, 0.1) is 13.8 Å². The first-order chi connectivity index (χ1) is 9.35. The van der Waals surface area contributed by atoms with Crippen molar-refractivity contribution in [1.82, 2.24) is 5.32 Å². The van der Waals surface area contributed by atoms with Gasteiger partial charge < -0.3 is 15.5 Å². The summed E-state index contributed by atoms with van der Waals surface area (Å²) in [6, 6.07) is 5.53. The van der Waals surface area contributed by atoms with Gasteiger partial charge in [-0.15, -0.1) is 0 Å². The standard InChI is InChI=1S/C14H16F2N2O2/c1-8-4-3-5-10-9(2)12(20-11(8)10)13(19)18-7-14(15,16)6-17/h3-5H,6-7,17H2,1-2H3,(H,18,19). The Morgan fingerprint density at radius 1 is 1.40 bits per heavy atom. The number of rotatable bonds is 4. The van der Waals surface area contributed by atoms with E-state index in [1.165, 1.54) is 0 Å². The van der Waals surface area contributed by atoms with E-state index < -0.39 is 24.9 Å². The Morgan fingerprint density at radius 2 is 2.10 bits per heavy atom. The van der Waals surface area contributed by atoms with Crippen LogP contribution in [0.15, 0.2) is 22.6 Å². The second-order valence-electron chi connectivity index (χ2n) is 4.75. The number of hydrogen-bond donors (Lipinski definition) is 2. The number of aryl methyl sites for hydroxylation is 2. The molecule has 20 heavy (non-hydrogen) atoms. The van der Waals surface area contributed by atoms with E-state index in [4.69, 9.17) is 10.2 Å². The number of amides is 1. The molecule has 1 amide bonds. The van der Waals surface area contributed by atoms with Crippen LogP contribution >= 0.6 is 0 Å². The third-order valence-electron chi connectivity index (χ3n) is 3.17. The fraction of sp³-hybridized carbons (Fsp3) is 0.357. The Bertz CT molecular complexity index is 650. The Morgan fingerprint density at radius 3 is 2.70 bits per heavy atom. The van der Waals surface area contributed by atoms with E-state index in [-0.39, 0.29) is 5.76 Å². The van der Waals surface area contributed by atoms with Gasteiger partial charge in [-0.1, -0.05) is 18.2 Å². The molecule has 0 unspecified atom stereocenters. The number of para-hydroxylation sites is 1. The zero-order valence-corrected chi connectivity index (χ0v) is 11.3. The molecule has 4 nitrogen and oxygen atoms in total. The van der Waals surface area contributed by atoms with Crippen molar-refractivity contribution in [2.24, 2.45) is 5.73 Å². The maximum absolute atomic E-state index is 13.0. The molecule has 1 aromatic heterocycles. The first-order valence-electron chi connectivity index (χ1n) is 6.20. The molecule has 2 aromatic rings. The van der Waals surface area contributed by atoms with Crippen LogP contribution in [-0.4, -0.2) is 24.9 Å². The summed E-state index contributed by atoms with van der Waals surface area (Å²) in [5, 5.41) is 2.95. The van der Waals surface area contributed by atoms with Crippen LogP contribution in [0.3, 0.4) is 0 Å². The van der Waals surface area contributed by atoms with Crippen molar-refractivity contribution in [3.8, 4) is 0 Å². The van der Waals surface area contributed by atoms with Gasteiger partial charge in [-0.05, 0) is 19.4 Å². The topological polar surface area (TPSA) is 68.3 Å². The van der Waals surface area contributed by atoms with Crippen LogP contribution in [0.5, 0.6) is 0 Å². The molecule has 0 atom stereocenters. The van der Waals surface area contributed by atoms with Crippen molar-refractivity contribution in [1.29, 1.82) is 0 Å². The van der Waals surface area contributed by atoms with Crippen LogP contribution in [0.25, 0.3) is 11.0 Å². The molecule has 0 fully saturated rings. The quantitative estimate of drug-likeness (QED) is 0.904. The monoisotopic (exact) mass is 282 g/mol. The van der Waals surface area contributed by atoms with E-state index in [1.807, 2.05) is 25.1 Å². The summed E-state index contributed by atoms with van der Waals surface area (Å²) >= 11 is 0. The molecule has 0 saturated heterocycles. The van der Waals surface area contributed by atoms with Gasteiger partial charge in [0, 0.05) is 10.9 Å². The van der Waals surface area contributed by atoms with Crippen LogP contribution in [0.2, 0.25) is 0 Å². The summed E-state index contributed by atoms with van der Waals surface area (Å²) in [7, 11) is 0. The zero-order valence-electron chi connectivity index (χ0n) is 11.3. The molecular weight excluding hydrogens is 266 g/mol. The fourth-order valence-electron chi connectivity index (χ4n) is 1.96. The molecule has 0 bridgehead atoms. The molecule has 0 aliphatic heterocycles. The van der Waals surface area contributed by atoms with Gasteiger partial charge in [0.25, 0.3) is 11.8 Å². The first-order valence-corrected chi connectivity index (χ1v) is 6.20. The highest BCUT2D eigenvalue weighted by Gasteiger charge is 2.28. The van der Waals surface area contributed by atoms with Gasteiger partial charge in [0.05, 0.1) is 13.1 Å². The number of carbonyl (C=O) groups excluding carboxylic acids is 1. The number of nitrogens with one attached hydrogen (secondary N) is 1. The molecule has 1 heterocycles. The van der Waals surface area contributed by atoms with E-state index in [0.29, 0.717) is 11.1 Å². The summed E-state index contributed by atoms with van der Waals surface area (Å²) in [6.45, 7) is 1.96. The van der Waals surface area contributed by atoms with Gasteiger partial charge in [-0.2, -0.15) is 0 Å². The van der Waals surface area contributed by atoms with Gasteiger partial charge in [0.1, 0.15) is 5.58 Å². The smallest absolute Gasteiger partial charge is 0.287 e. The Kier molecular flexibility index (Phi) is 3.76. The highest BCUT2D eigenvalue weighted by molar-refractivity contribution is 5.99.